The average Bonchev–Trinajstić information content (AvgIpc) is 2.78. The van der Waals surface area contributed by atoms with Gasteiger partial charge in [0.1, 0.15) is 0 Å². The molecule has 108 valence electrons. The lowest BCUT2D eigenvalue weighted by Crippen LogP contribution is -2.31. The van der Waals surface area contributed by atoms with E-state index >= 15 is 0 Å². The Kier molecular flexibility index (Phi) is 4.74. The maximum Gasteiger partial charge on any atom is 0.221 e. The average molecular weight is 274 g/mol. The Morgan fingerprint density at radius 2 is 2.20 bits per heavy atom. The first kappa shape index (κ1) is 14.5. The Morgan fingerprint density at radius 3 is 2.95 bits per heavy atom. The summed E-state index contributed by atoms with van der Waals surface area (Å²) in [6, 6.07) is 6.23. The molecule has 2 aromatic rings. The van der Waals surface area contributed by atoms with E-state index in [2.05, 4.69) is 35.5 Å². The van der Waals surface area contributed by atoms with Crippen LogP contribution in [0.3, 0.4) is 0 Å². The van der Waals surface area contributed by atoms with Crippen LogP contribution in [0.5, 0.6) is 0 Å². The highest BCUT2D eigenvalue weighted by Crippen LogP contribution is 2.15. The van der Waals surface area contributed by atoms with Crippen molar-refractivity contribution in [3.8, 4) is 0 Å². The topological polar surface area (TPSA) is 50.2 Å². The number of nitrogens with one attached hydrogen (secondary N) is 1. The molecule has 20 heavy (non-hydrogen) atoms. The van der Waals surface area contributed by atoms with Crippen molar-refractivity contribution in [1.82, 2.24) is 20.0 Å². The van der Waals surface area contributed by atoms with Crippen molar-refractivity contribution in [3.05, 3.63) is 30.0 Å². The number of amides is 1. The van der Waals surface area contributed by atoms with E-state index in [1.807, 2.05) is 29.9 Å². The first-order chi connectivity index (χ1) is 9.56. The third-order valence-electron chi connectivity index (χ3n) is 3.23. The van der Waals surface area contributed by atoms with Gasteiger partial charge in [0, 0.05) is 24.9 Å². The van der Waals surface area contributed by atoms with E-state index in [9.17, 15) is 4.79 Å². The number of aryl methyl sites for hydroxylation is 2. The molecule has 0 saturated heterocycles. The lowest BCUT2D eigenvalue weighted by Gasteiger charge is -2.10. The summed E-state index contributed by atoms with van der Waals surface area (Å²) in [6.07, 6.45) is 2.31. The molecule has 1 aromatic heterocycles. The number of aromatic nitrogens is 2. The van der Waals surface area contributed by atoms with E-state index in [0.717, 1.165) is 17.4 Å². The number of benzene rings is 1. The van der Waals surface area contributed by atoms with Crippen molar-refractivity contribution in [2.75, 3.05) is 27.2 Å². The highest BCUT2D eigenvalue weighted by molar-refractivity contribution is 5.80. The van der Waals surface area contributed by atoms with Crippen LogP contribution >= 0.6 is 0 Å². The fourth-order valence-electron chi connectivity index (χ4n) is 2.10. The molecule has 1 N–H and O–H groups in total. The zero-order valence-electron chi connectivity index (χ0n) is 12.4. The summed E-state index contributed by atoms with van der Waals surface area (Å²) in [5.41, 5.74) is 2.30. The van der Waals surface area contributed by atoms with Crippen molar-refractivity contribution in [2.24, 2.45) is 0 Å². The minimum absolute atomic E-state index is 0.0719. The summed E-state index contributed by atoms with van der Waals surface area (Å²) in [5.74, 6) is 0.0719. The van der Waals surface area contributed by atoms with Crippen molar-refractivity contribution in [3.63, 3.8) is 0 Å². The molecule has 0 atom stereocenters. The van der Waals surface area contributed by atoms with E-state index in [1.165, 1.54) is 5.56 Å². The van der Waals surface area contributed by atoms with Crippen LogP contribution < -0.4 is 5.32 Å². The lowest BCUT2D eigenvalue weighted by atomic mass is 10.2. The van der Waals surface area contributed by atoms with Crippen LogP contribution in [0, 0.1) is 6.92 Å². The van der Waals surface area contributed by atoms with Crippen LogP contribution in [0.15, 0.2) is 24.4 Å². The number of fused-ring (bicyclic) bond motifs is 1. The van der Waals surface area contributed by atoms with E-state index in [-0.39, 0.29) is 5.91 Å². The van der Waals surface area contributed by atoms with Crippen molar-refractivity contribution in [1.29, 1.82) is 0 Å². The molecular formula is C15H22N4O. The van der Waals surface area contributed by atoms with Gasteiger partial charge < -0.3 is 10.2 Å². The van der Waals surface area contributed by atoms with Gasteiger partial charge in [0.05, 0.1) is 18.3 Å². The van der Waals surface area contributed by atoms with E-state index in [1.54, 1.807) is 0 Å². The second-order valence-corrected chi connectivity index (χ2v) is 5.33. The van der Waals surface area contributed by atoms with Crippen molar-refractivity contribution < 1.29 is 4.79 Å². The molecule has 0 aliphatic rings. The summed E-state index contributed by atoms with van der Waals surface area (Å²) in [5, 5.41) is 8.38. The zero-order chi connectivity index (χ0) is 14.5. The summed E-state index contributed by atoms with van der Waals surface area (Å²) < 4.78 is 1.89. The molecule has 2 rings (SSSR count). The van der Waals surface area contributed by atoms with Gasteiger partial charge in [0.25, 0.3) is 0 Å². The van der Waals surface area contributed by atoms with E-state index < -0.39 is 0 Å². The van der Waals surface area contributed by atoms with Gasteiger partial charge in [0.2, 0.25) is 5.91 Å². The molecule has 0 spiro atoms. The predicted molar refractivity (Wildman–Crippen MR) is 80.7 cm³/mol. The highest BCUT2D eigenvalue weighted by Gasteiger charge is 2.06. The van der Waals surface area contributed by atoms with Crippen LogP contribution in [-0.2, 0) is 11.3 Å². The van der Waals surface area contributed by atoms with Crippen LogP contribution in [0.25, 0.3) is 10.9 Å². The van der Waals surface area contributed by atoms with E-state index in [4.69, 9.17) is 0 Å². The Bertz CT molecular complexity index is 589. The minimum Gasteiger partial charge on any atom is -0.355 e. The third kappa shape index (κ3) is 3.81. The third-order valence-corrected chi connectivity index (χ3v) is 3.23. The first-order valence-corrected chi connectivity index (χ1v) is 6.90. The standard InChI is InChI=1S/C15H22N4O/c1-12-4-5-14-13(10-12)11-17-19(14)8-6-15(20)16-7-9-18(2)3/h4-5,10-11H,6-9H2,1-3H3,(H,16,20). The van der Waals surface area contributed by atoms with Crippen LogP contribution in [0.4, 0.5) is 0 Å². The molecule has 0 saturated carbocycles. The molecule has 5 nitrogen and oxygen atoms in total. The second-order valence-electron chi connectivity index (χ2n) is 5.33. The number of nitrogens with zero attached hydrogens (tertiary/aromatic N) is 3. The first-order valence-electron chi connectivity index (χ1n) is 6.90. The summed E-state index contributed by atoms with van der Waals surface area (Å²) in [7, 11) is 3.98. The SMILES string of the molecule is Cc1ccc2c(cnn2CCC(=O)NCCN(C)C)c1. The molecular weight excluding hydrogens is 252 g/mol. The smallest absolute Gasteiger partial charge is 0.221 e. The number of rotatable bonds is 6. The Balaban J connectivity index is 1.88. The molecule has 5 heteroatoms. The molecule has 0 radical (unpaired) electrons. The zero-order valence-corrected chi connectivity index (χ0v) is 12.4. The van der Waals surface area contributed by atoms with Crippen molar-refractivity contribution in [2.45, 2.75) is 19.9 Å². The number of likely N-dealkylation sites (N-methyl/N-ethyl adjacent to an activating group) is 1. The van der Waals surface area contributed by atoms with E-state index in [0.29, 0.717) is 19.5 Å². The van der Waals surface area contributed by atoms with Crippen LogP contribution in [0.2, 0.25) is 0 Å². The Hall–Kier alpha value is -1.88. The minimum atomic E-state index is 0.0719. The monoisotopic (exact) mass is 274 g/mol. The summed E-state index contributed by atoms with van der Waals surface area (Å²) >= 11 is 0. The van der Waals surface area contributed by atoms with Gasteiger partial charge in [-0.3, -0.25) is 9.48 Å². The van der Waals surface area contributed by atoms with Crippen LogP contribution in [0.1, 0.15) is 12.0 Å². The maximum absolute atomic E-state index is 11.7. The fourth-order valence-corrected chi connectivity index (χ4v) is 2.10. The number of hydrogen-bond donors (Lipinski definition) is 1. The van der Waals surface area contributed by atoms with Crippen molar-refractivity contribution >= 4 is 16.8 Å². The molecule has 0 unspecified atom stereocenters. The van der Waals surface area contributed by atoms with Gasteiger partial charge in [-0.15, -0.1) is 0 Å². The molecule has 0 aliphatic carbocycles. The molecule has 1 aromatic carbocycles. The second kappa shape index (κ2) is 6.52. The summed E-state index contributed by atoms with van der Waals surface area (Å²) in [4.78, 5) is 13.8. The molecule has 1 amide bonds. The molecule has 0 aliphatic heterocycles. The lowest BCUT2D eigenvalue weighted by molar-refractivity contribution is -0.121. The van der Waals surface area contributed by atoms with Gasteiger partial charge >= 0.3 is 0 Å². The predicted octanol–water partition coefficient (Wildman–Crippen LogP) is 1.41. The maximum atomic E-state index is 11.7. The van der Waals surface area contributed by atoms with Gasteiger partial charge in [-0.1, -0.05) is 11.6 Å². The quantitative estimate of drug-likeness (QED) is 0.866. The van der Waals surface area contributed by atoms with Gasteiger partial charge in [-0.2, -0.15) is 5.10 Å². The normalized spacial score (nSPS) is 11.2. The molecule has 1 heterocycles. The Labute approximate surface area is 119 Å². The fraction of sp³-hybridized carbons (Fsp3) is 0.467. The largest absolute Gasteiger partial charge is 0.355 e. The molecule has 0 bridgehead atoms. The molecule has 0 fully saturated rings. The Morgan fingerprint density at radius 1 is 1.40 bits per heavy atom. The number of carbonyl (C=O) groups is 1. The highest BCUT2D eigenvalue weighted by atomic mass is 16.1. The summed E-state index contributed by atoms with van der Waals surface area (Å²) in [6.45, 7) is 4.22. The van der Waals surface area contributed by atoms with Gasteiger partial charge in [-0.05, 0) is 33.2 Å². The van der Waals surface area contributed by atoms with Gasteiger partial charge in [0.15, 0.2) is 0 Å². The number of carbonyl (C=O) groups excluding carboxylic acids is 1. The van der Waals surface area contributed by atoms with Crippen LogP contribution in [-0.4, -0.2) is 47.8 Å². The van der Waals surface area contributed by atoms with Gasteiger partial charge in [-0.25, -0.2) is 0 Å². The number of hydrogen-bond acceptors (Lipinski definition) is 3.